The van der Waals surface area contributed by atoms with E-state index in [2.05, 4.69) is 22.4 Å². The van der Waals surface area contributed by atoms with Crippen LogP contribution in [0.4, 0.5) is 9.52 Å². The van der Waals surface area contributed by atoms with Gasteiger partial charge in [0.25, 0.3) is 0 Å². The Bertz CT molecular complexity index is 865. The summed E-state index contributed by atoms with van der Waals surface area (Å²) in [6.45, 7) is 2.66. The van der Waals surface area contributed by atoms with Gasteiger partial charge in [-0.1, -0.05) is 43.7 Å². The lowest BCUT2D eigenvalue weighted by Crippen LogP contribution is -1.98. The van der Waals surface area contributed by atoms with Gasteiger partial charge in [0, 0.05) is 22.6 Å². The molecular weight excluding hydrogens is 349 g/mol. The first-order valence-corrected chi connectivity index (χ1v) is 9.36. The van der Waals surface area contributed by atoms with Crippen molar-refractivity contribution in [3.63, 3.8) is 0 Å². The van der Waals surface area contributed by atoms with Crippen molar-refractivity contribution in [1.82, 2.24) is 4.98 Å². The molecule has 0 saturated carbocycles. The zero-order valence-corrected chi connectivity index (χ0v) is 15.3. The van der Waals surface area contributed by atoms with Gasteiger partial charge < -0.3 is 4.74 Å². The topological polar surface area (TPSA) is 46.5 Å². The summed E-state index contributed by atoms with van der Waals surface area (Å²) in [6, 6.07) is 14.5. The van der Waals surface area contributed by atoms with Crippen LogP contribution in [0.3, 0.4) is 0 Å². The second-order valence-corrected chi connectivity index (χ2v) is 6.55. The van der Waals surface area contributed by atoms with Gasteiger partial charge in [-0.25, -0.2) is 9.37 Å². The monoisotopic (exact) mass is 369 g/mol. The van der Waals surface area contributed by atoms with E-state index in [1.165, 1.54) is 23.5 Å². The number of hydrazone groups is 1. The van der Waals surface area contributed by atoms with E-state index in [-0.39, 0.29) is 5.82 Å². The van der Waals surface area contributed by atoms with Crippen LogP contribution in [0.5, 0.6) is 5.75 Å². The zero-order chi connectivity index (χ0) is 18.2. The van der Waals surface area contributed by atoms with E-state index < -0.39 is 0 Å². The summed E-state index contributed by atoms with van der Waals surface area (Å²) in [4.78, 5) is 4.49. The zero-order valence-electron chi connectivity index (χ0n) is 14.5. The van der Waals surface area contributed by atoms with Crippen molar-refractivity contribution in [3.05, 3.63) is 65.3 Å². The van der Waals surface area contributed by atoms with E-state index in [4.69, 9.17) is 4.74 Å². The smallest absolute Gasteiger partial charge is 0.203 e. The van der Waals surface area contributed by atoms with E-state index in [9.17, 15) is 4.39 Å². The SMILES string of the molecule is CCCCOc1cc(F)cc(C=NNc2nc(-c3ccccc3)cs2)c1. The summed E-state index contributed by atoms with van der Waals surface area (Å²) in [6.07, 6.45) is 3.53. The Hall–Kier alpha value is -2.73. The fourth-order valence-corrected chi connectivity index (χ4v) is 2.97. The van der Waals surface area contributed by atoms with Crippen LogP contribution in [-0.2, 0) is 0 Å². The van der Waals surface area contributed by atoms with Gasteiger partial charge >= 0.3 is 0 Å². The highest BCUT2D eigenvalue weighted by atomic mass is 32.1. The summed E-state index contributed by atoms with van der Waals surface area (Å²) in [7, 11) is 0. The molecule has 0 aliphatic heterocycles. The fraction of sp³-hybridized carbons (Fsp3) is 0.200. The van der Waals surface area contributed by atoms with Gasteiger partial charge in [-0.2, -0.15) is 5.10 Å². The molecule has 1 aromatic heterocycles. The van der Waals surface area contributed by atoms with Gasteiger partial charge in [-0.15, -0.1) is 11.3 Å². The number of nitrogens with one attached hydrogen (secondary N) is 1. The van der Waals surface area contributed by atoms with Crippen molar-refractivity contribution in [3.8, 4) is 17.0 Å². The molecule has 6 heteroatoms. The maximum atomic E-state index is 13.7. The maximum Gasteiger partial charge on any atom is 0.203 e. The van der Waals surface area contributed by atoms with Crippen LogP contribution in [0.1, 0.15) is 25.3 Å². The van der Waals surface area contributed by atoms with Crippen LogP contribution in [0.25, 0.3) is 11.3 Å². The van der Waals surface area contributed by atoms with Gasteiger partial charge in [-0.3, -0.25) is 5.43 Å². The summed E-state index contributed by atoms with van der Waals surface area (Å²) in [5, 5.41) is 6.79. The number of halogens is 1. The minimum atomic E-state index is -0.346. The Morgan fingerprint density at radius 2 is 2.08 bits per heavy atom. The molecule has 0 bridgehead atoms. The van der Waals surface area contributed by atoms with E-state index in [0.717, 1.165) is 24.1 Å². The molecule has 0 aliphatic carbocycles. The van der Waals surface area contributed by atoms with Crippen molar-refractivity contribution >= 4 is 22.7 Å². The molecule has 0 spiro atoms. The third-order valence-corrected chi connectivity index (χ3v) is 4.35. The second-order valence-electron chi connectivity index (χ2n) is 5.70. The first kappa shape index (κ1) is 18.1. The number of nitrogens with zero attached hydrogens (tertiary/aromatic N) is 2. The number of unbranched alkanes of at least 4 members (excludes halogenated alkanes) is 1. The number of rotatable bonds is 8. The largest absolute Gasteiger partial charge is 0.493 e. The highest BCUT2D eigenvalue weighted by Gasteiger charge is 2.03. The average Bonchev–Trinajstić information content (AvgIpc) is 3.11. The molecule has 0 radical (unpaired) electrons. The van der Waals surface area contributed by atoms with Crippen LogP contribution in [0.15, 0.2) is 59.0 Å². The molecule has 4 nitrogen and oxygen atoms in total. The molecule has 0 atom stereocenters. The quantitative estimate of drug-likeness (QED) is 0.320. The Morgan fingerprint density at radius 3 is 2.88 bits per heavy atom. The number of anilines is 1. The molecular formula is C20H20FN3OS. The lowest BCUT2D eigenvalue weighted by molar-refractivity contribution is 0.308. The number of thiazole rings is 1. The Balaban J connectivity index is 1.63. The normalized spacial score (nSPS) is 11.0. The van der Waals surface area contributed by atoms with Crippen molar-refractivity contribution in [1.29, 1.82) is 0 Å². The molecule has 0 aliphatic rings. The first-order chi connectivity index (χ1) is 12.7. The third kappa shape index (κ3) is 5.13. The Kier molecular flexibility index (Phi) is 6.33. The first-order valence-electron chi connectivity index (χ1n) is 8.48. The molecule has 134 valence electrons. The van der Waals surface area contributed by atoms with E-state index >= 15 is 0 Å². The van der Waals surface area contributed by atoms with Crippen molar-refractivity contribution in [2.24, 2.45) is 5.10 Å². The predicted octanol–water partition coefficient (Wildman–Crippen LogP) is 5.57. The molecule has 0 unspecified atom stereocenters. The Morgan fingerprint density at radius 1 is 1.23 bits per heavy atom. The van der Waals surface area contributed by atoms with Crippen LogP contribution >= 0.6 is 11.3 Å². The van der Waals surface area contributed by atoms with Crippen LogP contribution in [0, 0.1) is 5.82 Å². The molecule has 1 heterocycles. The standard InChI is InChI=1S/C20H20FN3OS/c1-2-3-9-25-18-11-15(10-17(21)12-18)13-22-24-20-23-19(14-26-20)16-7-5-4-6-8-16/h4-8,10-14H,2-3,9H2,1H3,(H,23,24). The van der Waals surface area contributed by atoms with Gasteiger partial charge in [0.05, 0.1) is 18.5 Å². The Labute approximate surface area is 156 Å². The molecule has 3 rings (SSSR count). The molecule has 26 heavy (non-hydrogen) atoms. The summed E-state index contributed by atoms with van der Waals surface area (Å²) >= 11 is 1.46. The molecule has 0 amide bonds. The van der Waals surface area contributed by atoms with Crippen LogP contribution < -0.4 is 10.2 Å². The van der Waals surface area contributed by atoms with Gasteiger partial charge in [0.1, 0.15) is 11.6 Å². The molecule has 3 aromatic rings. The van der Waals surface area contributed by atoms with Gasteiger partial charge in [0.2, 0.25) is 5.13 Å². The van der Waals surface area contributed by atoms with E-state index in [0.29, 0.717) is 23.1 Å². The number of aromatic nitrogens is 1. The third-order valence-electron chi connectivity index (χ3n) is 3.61. The fourth-order valence-electron chi connectivity index (χ4n) is 2.31. The van der Waals surface area contributed by atoms with Crippen LogP contribution in [-0.4, -0.2) is 17.8 Å². The summed E-state index contributed by atoms with van der Waals surface area (Å²) in [5.41, 5.74) is 5.47. The van der Waals surface area contributed by atoms with Gasteiger partial charge in [-0.05, 0) is 18.6 Å². The highest BCUT2D eigenvalue weighted by molar-refractivity contribution is 7.14. The van der Waals surface area contributed by atoms with Crippen molar-refractivity contribution in [2.75, 3.05) is 12.0 Å². The number of benzene rings is 2. The average molecular weight is 369 g/mol. The van der Waals surface area contributed by atoms with Gasteiger partial charge in [0.15, 0.2) is 0 Å². The lowest BCUT2D eigenvalue weighted by Gasteiger charge is -2.06. The number of hydrogen-bond donors (Lipinski definition) is 1. The number of hydrogen-bond acceptors (Lipinski definition) is 5. The molecule has 1 N–H and O–H groups in total. The molecule has 0 saturated heterocycles. The summed E-state index contributed by atoms with van der Waals surface area (Å²) < 4.78 is 19.3. The van der Waals surface area contributed by atoms with Crippen LogP contribution in [0.2, 0.25) is 0 Å². The predicted molar refractivity (Wildman–Crippen MR) is 106 cm³/mol. The minimum Gasteiger partial charge on any atom is -0.493 e. The molecule has 2 aromatic carbocycles. The highest BCUT2D eigenvalue weighted by Crippen LogP contribution is 2.24. The van der Waals surface area contributed by atoms with Crippen molar-refractivity contribution < 1.29 is 9.13 Å². The lowest BCUT2D eigenvalue weighted by atomic mass is 10.2. The number of ether oxygens (including phenoxy) is 1. The summed E-state index contributed by atoms with van der Waals surface area (Å²) in [5.74, 6) is 0.168. The second kappa shape index (κ2) is 9.10. The van der Waals surface area contributed by atoms with E-state index in [1.807, 2.05) is 35.7 Å². The van der Waals surface area contributed by atoms with Crippen molar-refractivity contribution in [2.45, 2.75) is 19.8 Å². The maximum absolute atomic E-state index is 13.7. The van der Waals surface area contributed by atoms with E-state index in [1.54, 1.807) is 12.3 Å². The molecule has 0 fully saturated rings. The minimum absolute atomic E-state index is 0.346.